The summed E-state index contributed by atoms with van der Waals surface area (Å²) in [6.45, 7) is 1.64. The van der Waals surface area contributed by atoms with Gasteiger partial charge in [-0.25, -0.2) is 4.79 Å². The van der Waals surface area contributed by atoms with Crippen molar-refractivity contribution in [2.75, 3.05) is 0 Å². The van der Waals surface area contributed by atoms with Crippen LogP contribution in [0.5, 0.6) is 5.75 Å². The number of carbonyl (C=O) groups is 1. The summed E-state index contributed by atoms with van der Waals surface area (Å²) in [5.74, 6) is -1.94. The Balaban J connectivity index is 0.00000280. The third-order valence-electron chi connectivity index (χ3n) is 3.88. The average Bonchev–Trinajstić information content (AvgIpc) is 2.60. The molecule has 0 fully saturated rings. The van der Waals surface area contributed by atoms with E-state index in [-0.39, 0.29) is 57.5 Å². The maximum absolute atomic E-state index is 11.6. The van der Waals surface area contributed by atoms with Crippen molar-refractivity contribution in [2.45, 2.75) is 11.8 Å². The number of carboxylic acids is 1. The summed E-state index contributed by atoms with van der Waals surface area (Å²) in [6, 6.07) is 12.1. The molecule has 28 heavy (non-hydrogen) atoms. The molecule has 0 aliphatic heterocycles. The summed E-state index contributed by atoms with van der Waals surface area (Å²) in [4.78, 5) is 10.9. The number of phenols is 1. The number of hydrogen-bond acceptors (Lipinski definition) is 6. The molecular weight excluding hydrogens is 412 g/mol. The second kappa shape index (κ2) is 8.54. The molecular formula is C18H16CaN2O6S. The van der Waals surface area contributed by atoms with E-state index in [1.807, 2.05) is 0 Å². The Bertz CT molecular complexity index is 1220. The second-order valence-electron chi connectivity index (χ2n) is 5.79. The molecule has 0 bridgehead atoms. The van der Waals surface area contributed by atoms with Crippen LogP contribution in [0.15, 0.2) is 63.7 Å². The third-order valence-corrected chi connectivity index (χ3v) is 4.76. The van der Waals surface area contributed by atoms with Gasteiger partial charge in [-0.2, -0.15) is 8.42 Å². The standard InChI is InChI=1S/C18H14N2O6S.Ca.2H/c1-10-6-7-14(15(8-10)27(24,25)26)19-20-16-12-5-3-2-4-11(12)9-13(17(16)21)18(22)23;;;/h2-9,21H,1H3,(H,22,23)(H,24,25,26);;;/q;+2;2*-1. The van der Waals surface area contributed by atoms with Gasteiger partial charge in [0.15, 0.2) is 5.75 Å². The van der Waals surface area contributed by atoms with Crippen molar-refractivity contribution in [1.82, 2.24) is 0 Å². The number of rotatable bonds is 4. The SMILES string of the molecule is Cc1ccc(N=Nc2c(O)c(C(=O)O)cc3ccccc23)c(S(=O)(=O)O)c1.[Ca+2].[H-].[H-]. The van der Waals surface area contributed by atoms with E-state index < -0.39 is 26.7 Å². The van der Waals surface area contributed by atoms with Crippen LogP contribution in [-0.2, 0) is 10.1 Å². The third kappa shape index (κ3) is 4.50. The molecule has 3 aromatic rings. The van der Waals surface area contributed by atoms with Crippen LogP contribution in [0.2, 0.25) is 0 Å². The average molecular weight is 428 g/mol. The fourth-order valence-electron chi connectivity index (χ4n) is 2.60. The van der Waals surface area contributed by atoms with Gasteiger partial charge in [0.2, 0.25) is 0 Å². The van der Waals surface area contributed by atoms with Crippen LogP contribution in [0.25, 0.3) is 10.8 Å². The molecule has 8 nitrogen and oxygen atoms in total. The zero-order chi connectivity index (χ0) is 19.8. The Morgan fingerprint density at radius 3 is 2.39 bits per heavy atom. The molecule has 0 heterocycles. The molecule has 3 N–H and O–H groups in total. The first-order valence-corrected chi connectivity index (χ1v) is 9.10. The van der Waals surface area contributed by atoms with Crippen LogP contribution in [0.1, 0.15) is 18.8 Å². The van der Waals surface area contributed by atoms with Gasteiger partial charge in [-0.15, -0.1) is 10.2 Å². The fraction of sp³-hybridized carbons (Fsp3) is 0.0556. The number of fused-ring (bicyclic) bond motifs is 1. The molecule has 10 heteroatoms. The van der Waals surface area contributed by atoms with Crippen LogP contribution in [-0.4, -0.2) is 66.9 Å². The molecule has 0 atom stereocenters. The van der Waals surface area contributed by atoms with Gasteiger partial charge in [-0.05, 0) is 36.1 Å². The summed E-state index contributed by atoms with van der Waals surface area (Å²) in [5, 5.41) is 28.2. The predicted octanol–water partition coefficient (Wildman–Crippen LogP) is 4.06. The van der Waals surface area contributed by atoms with Crippen molar-refractivity contribution in [3.8, 4) is 5.75 Å². The Labute approximate surface area is 193 Å². The zero-order valence-electron chi connectivity index (χ0n) is 16.7. The number of aryl methyl sites for hydroxylation is 1. The molecule has 3 aromatic carbocycles. The smallest absolute Gasteiger partial charge is 1.00 e. The monoisotopic (exact) mass is 428 g/mol. The number of hydrogen-bond donors (Lipinski definition) is 3. The number of carboxylic acid groups (broad SMARTS) is 1. The van der Waals surface area contributed by atoms with Gasteiger partial charge in [0.05, 0.1) is 0 Å². The van der Waals surface area contributed by atoms with Crippen LogP contribution >= 0.6 is 0 Å². The summed E-state index contributed by atoms with van der Waals surface area (Å²) in [6.07, 6.45) is 0. The predicted molar refractivity (Wildman–Crippen MR) is 106 cm³/mol. The van der Waals surface area contributed by atoms with E-state index in [1.165, 1.54) is 18.2 Å². The molecule has 0 amide bonds. The van der Waals surface area contributed by atoms with Crippen molar-refractivity contribution < 1.29 is 30.8 Å². The van der Waals surface area contributed by atoms with Crippen LogP contribution in [0, 0.1) is 6.92 Å². The molecule has 0 saturated carbocycles. The summed E-state index contributed by atoms with van der Waals surface area (Å²) >= 11 is 0. The van der Waals surface area contributed by atoms with E-state index >= 15 is 0 Å². The number of aromatic hydroxyl groups is 1. The quantitative estimate of drug-likeness (QED) is 0.326. The van der Waals surface area contributed by atoms with E-state index in [0.29, 0.717) is 16.3 Å². The van der Waals surface area contributed by atoms with Crippen molar-refractivity contribution in [2.24, 2.45) is 10.2 Å². The maximum atomic E-state index is 11.6. The fourth-order valence-corrected chi connectivity index (χ4v) is 3.30. The van der Waals surface area contributed by atoms with Gasteiger partial charge in [-0.1, -0.05) is 30.3 Å². The minimum Gasteiger partial charge on any atom is -1.00 e. The minimum atomic E-state index is -4.54. The van der Waals surface area contributed by atoms with Crippen molar-refractivity contribution in [3.05, 3.63) is 59.7 Å². The topological polar surface area (TPSA) is 137 Å². The van der Waals surface area contributed by atoms with Crippen molar-refractivity contribution >= 4 is 76.0 Å². The molecule has 0 saturated heterocycles. The Morgan fingerprint density at radius 2 is 1.75 bits per heavy atom. The maximum Gasteiger partial charge on any atom is 2.00 e. The molecule has 0 spiro atoms. The van der Waals surface area contributed by atoms with Gasteiger partial charge < -0.3 is 13.1 Å². The van der Waals surface area contributed by atoms with Crippen LogP contribution < -0.4 is 0 Å². The molecule has 142 valence electrons. The largest absolute Gasteiger partial charge is 2.00 e. The first kappa shape index (κ1) is 22.3. The van der Waals surface area contributed by atoms with E-state index in [9.17, 15) is 28.0 Å². The van der Waals surface area contributed by atoms with Crippen molar-refractivity contribution in [1.29, 1.82) is 0 Å². The van der Waals surface area contributed by atoms with Crippen LogP contribution in [0.3, 0.4) is 0 Å². The Hall–Kier alpha value is -2.04. The van der Waals surface area contributed by atoms with Crippen LogP contribution in [0.4, 0.5) is 11.4 Å². The molecule has 0 aliphatic rings. The second-order valence-corrected chi connectivity index (χ2v) is 7.18. The zero-order valence-corrected chi connectivity index (χ0v) is 17.7. The van der Waals surface area contributed by atoms with Crippen molar-refractivity contribution in [3.63, 3.8) is 0 Å². The first-order chi connectivity index (χ1) is 12.7. The van der Waals surface area contributed by atoms with E-state index in [1.54, 1.807) is 37.3 Å². The van der Waals surface area contributed by atoms with Gasteiger partial charge in [0.25, 0.3) is 10.1 Å². The molecule has 3 rings (SSSR count). The normalized spacial score (nSPS) is 11.5. The molecule has 0 radical (unpaired) electrons. The molecule has 0 aromatic heterocycles. The van der Waals surface area contributed by atoms with E-state index in [2.05, 4.69) is 10.2 Å². The summed E-state index contributed by atoms with van der Waals surface area (Å²) in [5.41, 5.74) is -0.0380. The van der Waals surface area contributed by atoms with Gasteiger partial charge in [0.1, 0.15) is 21.8 Å². The number of nitrogens with zero attached hydrogens (tertiary/aromatic N) is 2. The summed E-state index contributed by atoms with van der Waals surface area (Å²) in [7, 11) is -4.54. The molecule has 0 aliphatic carbocycles. The molecule has 0 unspecified atom stereocenters. The van der Waals surface area contributed by atoms with Gasteiger partial charge in [-0.3, -0.25) is 4.55 Å². The minimum absolute atomic E-state index is 0. The number of benzene rings is 3. The summed E-state index contributed by atoms with van der Waals surface area (Å²) < 4.78 is 32.5. The van der Waals surface area contributed by atoms with E-state index in [4.69, 9.17) is 0 Å². The first-order valence-electron chi connectivity index (χ1n) is 7.66. The van der Waals surface area contributed by atoms with Gasteiger partial charge >= 0.3 is 43.7 Å². The number of azo groups is 1. The Morgan fingerprint density at radius 1 is 1.07 bits per heavy atom. The van der Waals surface area contributed by atoms with E-state index in [0.717, 1.165) is 0 Å². The number of aromatic carboxylic acids is 1. The van der Waals surface area contributed by atoms with Gasteiger partial charge in [0, 0.05) is 5.39 Å². The Kier molecular flexibility index (Phi) is 6.79.